The number of carbonyl (C=O) groups excluding carboxylic acids is 1. The lowest BCUT2D eigenvalue weighted by Gasteiger charge is -2.10. The quantitative estimate of drug-likeness (QED) is 0.575. The van der Waals surface area contributed by atoms with Crippen LogP contribution in [0, 0.1) is 0 Å². The zero-order chi connectivity index (χ0) is 9.40. The molecule has 70 valence electrons. The SMILES string of the molecule is C=CCNC(=O)CC(C)NCC. The third-order valence-corrected chi connectivity index (χ3v) is 1.49. The first-order valence-electron chi connectivity index (χ1n) is 4.31. The van der Waals surface area contributed by atoms with Gasteiger partial charge in [-0.2, -0.15) is 0 Å². The van der Waals surface area contributed by atoms with Crippen LogP contribution in [0.3, 0.4) is 0 Å². The molecule has 0 fully saturated rings. The van der Waals surface area contributed by atoms with Gasteiger partial charge in [0.15, 0.2) is 0 Å². The Kier molecular flexibility index (Phi) is 6.38. The molecule has 1 unspecified atom stereocenters. The lowest BCUT2D eigenvalue weighted by atomic mass is 10.2. The van der Waals surface area contributed by atoms with Crippen LogP contribution >= 0.6 is 0 Å². The summed E-state index contributed by atoms with van der Waals surface area (Å²) in [6, 6.07) is 0.250. The minimum atomic E-state index is 0.0725. The van der Waals surface area contributed by atoms with E-state index in [-0.39, 0.29) is 11.9 Å². The smallest absolute Gasteiger partial charge is 0.221 e. The van der Waals surface area contributed by atoms with Gasteiger partial charge >= 0.3 is 0 Å². The highest BCUT2D eigenvalue weighted by Crippen LogP contribution is 1.89. The fourth-order valence-electron chi connectivity index (χ4n) is 0.957. The van der Waals surface area contributed by atoms with E-state index in [9.17, 15) is 4.79 Å². The normalized spacial score (nSPS) is 12.2. The van der Waals surface area contributed by atoms with Crippen LogP contribution < -0.4 is 10.6 Å². The van der Waals surface area contributed by atoms with Crippen molar-refractivity contribution in [1.82, 2.24) is 10.6 Å². The molecule has 0 aromatic rings. The van der Waals surface area contributed by atoms with Crippen LogP contribution in [0.5, 0.6) is 0 Å². The van der Waals surface area contributed by atoms with Gasteiger partial charge < -0.3 is 10.6 Å². The van der Waals surface area contributed by atoms with Crippen molar-refractivity contribution in [2.45, 2.75) is 26.3 Å². The average Bonchev–Trinajstić information content (AvgIpc) is 2.01. The Hall–Kier alpha value is -0.830. The molecule has 0 aromatic heterocycles. The van der Waals surface area contributed by atoms with Crippen molar-refractivity contribution in [3.8, 4) is 0 Å². The Morgan fingerprint density at radius 2 is 2.33 bits per heavy atom. The fourth-order valence-corrected chi connectivity index (χ4v) is 0.957. The minimum Gasteiger partial charge on any atom is -0.353 e. The third kappa shape index (κ3) is 5.92. The van der Waals surface area contributed by atoms with E-state index in [1.807, 2.05) is 13.8 Å². The van der Waals surface area contributed by atoms with Gasteiger partial charge in [0.1, 0.15) is 0 Å². The number of hydrogen-bond donors (Lipinski definition) is 2. The van der Waals surface area contributed by atoms with Gasteiger partial charge in [0.2, 0.25) is 5.91 Å². The van der Waals surface area contributed by atoms with Crippen molar-refractivity contribution in [1.29, 1.82) is 0 Å². The number of rotatable bonds is 6. The molecule has 3 nitrogen and oxygen atoms in total. The summed E-state index contributed by atoms with van der Waals surface area (Å²) in [6.45, 7) is 8.99. The maximum atomic E-state index is 11.1. The molecule has 2 N–H and O–H groups in total. The average molecular weight is 170 g/mol. The Morgan fingerprint density at radius 3 is 2.83 bits per heavy atom. The maximum absolute atomic E-state index is 11.1. The number of nitrogens with one attached hydrogen (secondary N) is 2. The Morgan fingerprint density at radius 1 is 1.67 bits per heavy atom. The molecule has 0 aliphatic heterocycles. The summed E-state index contributed by atoms with van der Waals surface area (Å²) in [6.07, 6.45) is 2.21. The molecule has 0 saturated carbocycles. The molecule has 0 saturated heterocycles. The topological polar surface area (TPSA) is 41.1 Å². The number of carbonyl (C=O) groups is 1. The van der Waals surface area contributed by atoms with Crippen LogP contribution in [-0.4, -0.2) is 25.0 Å². The Bertz CT molecular complexity index is 145. The Balaban J connectivity index is 3.46. The summed E-state index contributed by atoms with van der Waals surface area (Å²) >= 11 is 0. The molecule has 3 heteroatoms. The van der Waals surface area contributed by atoms with Gasteiger partial charge in [0, 0.05) is 19.0 Å². The van der Waals surface area contributed by atoms with Gasteiger partial charge in [-0.05, 0) is 13.5 Å². The molecule has 1 atom stereocenters. The van der Waals surface area contributed by atoms with E-state index in [4.69, 9.17) is 0 Å². The monoisotopic (exact) mass is 170 g/mol. The van der Waals surface area contributed by atoms with Crippen LogP contribution in [0.1, 0.15) is 20.3 Å². The predicted molar refractivity (Wildman–Crippen MR) is 51.0 cm³/mol. The summed E-state index contributed by atoms with van der Waals surface area (Å²) in [5, 5.41) is 5.89. The van der Waals surface area contributed by atoms with Crippen molar-refractivity contribution in [2.75, 3.05) is 13.1 Å². The molecule has 0 aliphatic rings. The summed E-state index contributed by atoms with van der Waals surface area (Å²) < 4.78 is 0. The summed E-state index contributed by atoms with van der Waals surface area (Å²) in [5.41, 5.74) is 0. The molecule has 0 heterocycles. The summed E-state index contributed by atoms with van der Waals surface area (Å²) in [4.78, 5) is 11.1. The second-order valence-electron chi connectivity index (χ2n) is 2.76. The van der Waals surface area contributed by atoms with Gasteiger partial charge in [-0.25, -0.2) is 0 Å². The second kappa shape index (κ2) is 6.85. The molecule has 0 radical (unpaired) electrons. The van der Waals surface area contributed by atoms with E-state index in [0.717, 1.165) is 6.54 Å². The molecule has 1 amide bonds. The highest BCUT2D eigenvalue weighted by atomic mass is 16.1. The Labute approximate surface area is 74.2 Å². The summed E-state index contributed by atoms with van der Waals surface area (Å²) in [7, 11) is 0. The standard InChI is InChI=1S/C9H18N2O/c1-4-6-11-9(12)7-8(3)10-5-2/h4,8,10H,1,5-7H2,2-3H3,(H,11,12). The third-order valence-electron chi connectivity index (χ3n) is 1.49. The zero-order valence-electron chi connectivity index (χ0n) is 7.89. The van der Waals surface area contributed by atoms with Gasteiger partial charge in [0.25, 0.3) is 0 Å². The second-order valence-corrected chi connectivity index (χ2v) is 2.76. The van der Waals surface area contributed by atoms with E-state index in [0.29, 0.717) is 13.0 Å². The van der Waals surface area contributed by atoms with Crippen LogP contribution in [0.15, 0.2) is 12.7 Å². The minimum absolute atomic E-state index is 0.0725. The largest absolute Gasteiger partial charge is 0.353 e. The van der Waals surface area contributed by atoms with Gasteiger partial charge in [-0.15, -0.1) is 6.58 Å². The first kappa shape index (κ1) is 11.2. The lowest BCUT2D eigenvalue weighted by molar-refractivity contribution is -0.121. The van der Waals surface area contributed by atoms with Crippen LogP contribution in [-0.2, 0) is 4.79 Å². The molecular formula is C9H18N2O. The van der Waals surface area contributed by atoms with Crippen molar-refractivity contribution in [2.24, 2.45) is 0 Å². The van der Waals surface area contributed by atoms with E-state index in [1.165, 1.54) is 0 Å². The van der Waals surface area contributed by atoms with E-state index in [1.54, 1.807) is 6.08 Å². The van der Waals surface area contributed by atoms with E-state index >= 15 is 0 Å². The lowest BCUT2D eigenvalue weighted by Crippen LogP contribution is -2.33. The van der Waals surface area contributed by atoms with Crippen molar-refractivity contribution >= 4 is 5.91 Å². The van der Waals surface area contributed by atoms with Gasteiger partial charge in [0.05, 0.1) is 0 Å². The molecule has 0 rings (SSSR count). The van der Waals surface area contributed by atoms with Crippen LogP contribution in [0.2, 0.25) is 0 Å². The van der Waals surface area contributed by atoms with Crippen LogP contribution in [0.25, 0.3) is 0 Å². The molecule has 0 aromatic carbocycles. The molecule has 12 heavy (non-hydrogen) atoms. The van der Waals surface area contributed by atoms with Crippen molar-refractivity contribution in [3.63, 3.8) is 0 Å². The van der Waals surface area contributed by atoms with Crippen LogP contribution in [0.4, 0.5) is 0 Å². The first-order valence-corrected chi connectivity index (χ1v) is 4.31. The van der Waals surface area contributed by atoms with E-state index < -0.39 is 0 Å². The van der Waals surface area contributed by atoms with Crippen molar-refractivity contribution in [3.05, 3.63) is 12.7 Å². The van der Waals surface area contributed by atoms with Gasteiger partial charge in [-0.3, -0.25) is 4.79 Å². The number of amides is 1. The molecule has 0 spiro atoms. The van der Waals surface area contributed by atoms with Crippen molar-refractivity contribution < 1.29 is 4.79 Å². The summed E-state index contributed by atoms with van der Waals surface area (Å²) in [5.74, 6) is 0.0725. The van der Waals surface area contributed by atoms with E-state index in [2.05, 4.69) is 17.2 Å². The fraction of sp³-hybridized carbons (Fsp3) is 0.667. The highest BCUT2D eigenvalue weighted by molar-refractivity contribution is 5.76. The zero-order valence-corrected chi connectivity index (χ0v) is 7.89. The highest BCUT2D eigenvalue weighted by Gasteiger charge is 2.05. The first-order chi connectivity index (χ1) is 5.70. The molecular weight excluding hydrogens is 152 g/mol. The van der Waals surface area contributed by atoms with Gasteiger partial charge in [-0.1, -0.05) is 13.0 Å². The molecule has 0 bridgehead atoms. The number of hydrogen-bond acceptors (Lipinski definition) is 2. The molecule has 0 aliphatic carbocycles. The maximum Gasteiger partial charge on any atom is 0.221 e. The predicted octanol–water partition coefficient (Wildman–Crippen LogP) is 0.677.